The van der Waals surface area contributed by atoms with Crippen molar-refractivity contribution in [1.29, 1.82) is 0 Å². The largest absolute Gasteiger partial charge is 0.317 e. The molecule has 2 N–H and O–H groups in total. The Kier molecular flexibility index (Phi) is 4.66. The maximum atomic E-state index is 3.85. The van der Waals surface area contributed by atoms with Gasteiger partial charge in [-0.25, -0.2) is 0 Å². The Morgan fingerprint density at radius 3 is 2.29 bits per heavy atom. The van der Waals surface area contributed by atoms with Crippen LogP contribution in [0.1, 0.15) is 51.0 Å². The fourth-order valence-corrected chi connectivity index (χ4v) is 4.27. The minimum atomic E-state index is 0.335. The minimum absolute atomic E-state index is 0.335. The third-order valence-corrected chi connectivity index (χ3v) is 5.77. The van der Waals surface area contributed by atoms with Gasteiger partial charge in [0.2, 0.25) is 0 Å². The number of rotatable bonds is 5. The van der Waals surface area contributed by atoms with E-state index in [9.17, 15) is 0 Å². The Balaban J connectivity index is 1.65. The second kappa shape index (κ2) is 6.50. The van der Waals surface area contributed by atoms with Crippen molar-refractivity contribution in [2.75, 3.05) is 26.2 Å². The number of piperidine rings is 1. The summed E-state index contributed by atoms with van der Waals surface area (Å²) in [5.41, 5.74) is 2.40. The molecule has 0 amide bonds. The molecule has 0 spiro atoms. The molecule has 2 aliphatic rings. The monoisotopic (exact) mass is 286 g/mol. The van der Waals surface area contributed by atoms with Crippen LogP contribution < -0.4 is 10.6 Å². The SMILES string of the molecule is CC1(CNCC2(c3ccccc3)CCNCC2)CCCC1. The fourth-order valence-electron chi connectivity index (χ4n) is 4.27. The van der Waals surface area contributed by atoms with Gasteiger partial charge in [0, 0.05) is 18.5 Å². The average Bonchev–Trinajstić information content (AvgIpc) is 2.96. The molecule has 1 saturated heterocycles. The highest BCUT2D eigenvalue weighted by molar-refractivity contribution is 5.27. The Labute approximate surface area is 129 Å². The molecule has 1 aromatic carbocycles. The van der Waals surface area contributed by atoms with Gasteiger partial charge >= 0.3 is 0 Å². The smallest absolute Gasteiger partial charge is 0.0102 e. The van der Waals surface area contributed by atoms with E-state index >= 15 is 0 Å². The van der Waals surface area contributed by atoms with Gasteiger partial charge < -0.3 is 10.6 Å². The molecular formula is C19H30N2. The van der Waals surface area contributed by atoms with Gasteiger partial charge in [0.15, 0.2) is 0 Å². The Morgan fingerprint density at radius 2 is 1.62 bits per heavy atom. The summed E-state index contributed by atoms with van der Waals surface area (Å²) < 4.78 is 0. The Hall–Kier alpha value is -0.860. The molecule has 21 heavy (non-hydrogen) atoms. The van der Waals surface area contributed by atoms with Gasteiger partial charge in [0.05, 0.1) is 0 Å². The van der Waals surface area contributed by atoms with Crippen LogP contribution in [0.25, 0.3) is 0 Å². The first kappa shape index (κ1) is 15.1. The van der Waals surface area contributed by atoms with E-state index in [0.29, 0.717) is 10.8 Å². The van der Waals surface area contributed by atoms with Crippen LogP contribution in [0.4, 0.5) is 0 Å². The van der Waals surface area contributed by atoms with Gasteiger partial charge in [-0.15, -0.1) is 0 Å². The summed E-state index contributed by atoms with van der Waals surface area (Å²) in [5.74, 6) is 0. The summed E-state index contributed by atoms with van der Waals surface area (Å²) in [6.07, 6.45) is 8.15. The first-order valence-corrected chi connectivity index (χ1v) is 8.70. The Morgan fingerprint density at radius 1 is 0.952 bits per heavy atom. The minimum Gasteiger partial charge on any atom is -0.317 e. The quantitative estimate of drug-likeness (QED) is 0.866. The second-order valence-corrected chi connectivity index (χ2v) is 7.52. The average molecular weight is 286 g/mol. The maximum Gasteiger partial charge on any atom is 0.0102 e. The van der Waals surface area contributed by atoms with Gasteiger partial charge in [-0.05, 0) is 49.8 Å². The van der Waals surface area contributed by atoms with Crippen molar-refractivity contribution in [1.82, 2.24) is 10.6 Å². The van der Waals surface area contributed by atoms with E-state index < -0.39 is 0 Å². The molecule has 116 valence electrons. The molecule has 2 heteroatoms. The number of nitrogens with one attached hydrogen (secondary N) is 2. The predicted octanol–water partition coefficient (Wildman–Crippen LogP) is 3.48. The molecule has 2 fully saturated rings. The predicted molar refractivity (Wildman–Crippen MR) is 89.7 cm³/mol. The molecule has 0 bridgehead atoms. The van der Waals surface area contributed by atoms with Crippen LogP contribution in [0.15, 0.2) is 30.3 Å². The lowest BCUT2D eigenvalue weighted by Gasteiger charge is -2.39. The standard InChI is InChI=1S/C19H30N2/c1-18(9-5-6-10-18)15-21-16-19(11-13-20-14-12-19)17-7-3-2-4-8-17/h2-4,7-8,20-21H,5-6,9-16H2,1H3. The Bertz CT molecular complexity index is 428. The van der Waals surface area contributed by atoms with Crippen LogP contribution in [0.3, 0.4) is 0 Å². The molecular weight excluding hydrogens is 256 g/mol. The van der Waals surface area contributed by atoms with Gasteiger partial charge in [-0.2, -0.15) is 0 Å². The van der Waals surface area contributed by atoms with Crippen LogP contribution >= 0.6 is 0 Å². The highest BCUT2D eigenvalue weighted by Crippen LogP contribution is 2.37. The van der Waals surface area contributed by atoms with E-state index in [1.165, 1.54) is 50.6 Å². The van der Waals surface area contributed by atoms with Crippen LogP contribution in [-0.4, -0.2) is 26.2 Å². The zero-order chi connectivity index (χ0) is 14.6. The molecule has 1 heterocycles. The van der Waals surface area contributed by atoms with Crippen molar-refractivity contribution in [2.45, 2.75) is 50.9 Å². The third-order valence-electron chi connectivity index (χ3n) is 5.77. The molecule has 0 radical (unpaired) electrons. The first-order chi connectivity index (χ1) is 10.2. The summed E-state index contributed by atoms with van der Waals surface area (Å²) in [4.78, 5) is 0. The van der Waals surface area contributed by atoms with E-state index in [0.717, 1.165) is 19.6 Å². The highest BCUT2D eigenvalue weighted by atomic mass is 14.9. The summed E-state index contributed by atoms with van der Waals surface area (Å²) in [6.45, 7) is 7.08. The maximum absolute atomic E-state index is 3.85. The molecule has 1 aliphatic heterocycles. The van der Waals surface area contributed by atoms with E-state index in [1.54, 1.807) is 0 Å². The van der Waals surface area contributed by atoms with E-state index in [4.69, 9.17) is 0 Å². The zero-order valence-electron chi connectivity index (χ0n) is 13.5. The molecule has 3 rings (SSSR count). The zero-order valence-corrected chi connectivity index (χ0v) is 13.5. The lowest BCUT2D eigenvalue weighted by Crippen LogP contribution is -2.47. The molecule has 0 unspecified atom stereocenters. The van der Waals surface area contributed by atoms with Crippen LogP contribution in [-0.2, 0) is 5.41 Å². The lowest BCUT2D eigenvalue weighted by molar-refractivity contribution is 0.258. The highest BCUT2D eigenvalue weighted by Gasteiger charge is 2.35. The summed E-state index contributed by atoms with van der Waals surface area (Å²) >= 11 is 0. The molecule has 0 atom stereocenters. The van der Waals surface area contributed by atoms with Gasteiger partial charge in [-0.1, -0.05) is 50.1 Å². The molecule has 1 saturated carbocycles. The van der Waals surface area contributed by atoms with Gasteiger partial charge in [0.1, 0.15) is 0 Å². The van der Waals surface area contributed by atoms with Crippen molar-refractivity contribution in [3.05, 3.63) is 35.9 Å². The molecule has 1 aromatic rings. The van der Waals surface area contributed by atoms with E-state index in [2.05, 4.69) is 47.9 Å². The van der Waals surface area contributed by atoms with Crippen molar-refractivity contribution >= 4 is 0 Å². The topological polar surface area (TPSA) is 24.1 Å². The third kappa shape index (κ3) is 3.49. The van der Waals surface area contributed by atoms with Crippen molar-refractivity contribution in [2.24, 2.45) is 5.41 Å². The number of benzene rings is 1. The van der Waals surface area contributed by atoms with Crippen LogP contribution in [0.2, 0.25) is 0 Å². The van der Waals surface area contributed by atoms with E-state index in [1.807, 2.05) is 0 Å². The number of hydrogen-bond acceptors (Lipinski definition) is 2. The fraction of sp³-hybridized carbons (Fsp3) is 0.684. The van der Waals surface area contributed by atoms with Crippen molar-refractivity contribution in [3.63, 3.8) is 0 Å². The second-order valence-electron chi connectivity index (χ2n) is 7.52. The van der Waals surface area contributed by atoms with Crippen molar-refractivity contribution in [3.8, 4) is 0 Å². The molecule has 1 aliphatic carbocycles. The van der Waals surface area contributed by atoms with Crippen LogP contribution in [0, 0.1) is 5.41 Å². The van der Waals surface area contributed by atoms with Crippen molar-refractivity contribution < 1.29 is 0 Å². The summed E-state index contributed by atoms with van der Waals surface area (Å²) in [5, 5.41) is 7.37. The number of hydrogen-bond donors (Lipinski definition) is 2. The normalized spacial score (nSPS) is 24.0. The van der Waals surface area contributed by atoms with E-state index in [-0.39, 0.29) is 0 Å². The summed E-state index contributed by atoms with van der Waals surface area (Å²) in [7, 11) is 0. The van der Waals surface area contributed by atoms with Crippen LogP contribution in [0.5, 0.6) is 0 Å². The lowest BCUT2D eigenvalue weighted by atomic mass is 9.73. The van der Waals surface area contributed by atoms with Gasteiger partial charge in [-0.3, -0.25) is 0 Å². The molecule has 2 nitrogen and oxygen atoms in total. The van der Waals surface area contributed by atoms with Gasteiger partial charge in [0.25, 0.3) is 0 Å². The summed E-state index contributed by atoms with van der Waals surface area (Å²) in [6, 6.07) is 11.2. The first-order valence-electron chi connectivity index (χ1n) is 8.70. The molecule has 0 aromatic heterocycles.